The molecule has 0 saturated carbocycles. The number of phenolic OH excluding ortho intramolecular Hbond substituents is 2. The summed E-state index contributed by atoms with van der Waals surface area (Å²) in [6.07, 6.45) is 1.64. The summed E-state index contributed by atoms with van der Waals surface area (Å²) in [5, 5.41) is 19.9. The molecular formula is C16H14ClNO3. The Morgan fingerprint density at radius 3 is 2.81 bits per heavy atom. The molecule has 5 heteroatoms. The second kappa shape index (κ2) is 5.30. The minimum Gasteiger partial charge on any atom is -0.508 e. The van der Waals surface area contributed by atoms with E-state index in [1.165, 1.54) is 23.1 Å². The van der Waals surface area contributed by atoms with Crippen molar-refractivity contribution in [2.45, 2.75) is 12.8 Å². The van der Waals surface area contributed by atoms with Gasteiger partial charge in [0.25, 0.3) is 5.91 Å². The standard InChI is InChI=1S/C16H14ClNO3/c17-13-7-6-11(19)9-12(13)16(21)18-8-2-4-10-3-1-5-14(20)15(10)18/h1,3,5-7,9,19-20H,2,4,8H2. The van der Waals surface area contributed by atoms with E-state index in [4.69, 9.17) is 11.6 Å². The number of fused-ring (bicyclic) bond motifs is 1. The van der Waals surface area contributed by atoms with Gasteiger partial charge in [0, 0.05) is 6.54 Å². The van der Waals surface area contributed by atoms with Crippen molar-refractivity contribution in [3.05, 3.63) is 52.5 Å². The molecule has 0 fully saturated rings. The van der Waals surface area contributed by atoms with Crippen LogP contribution in [0.25, 0.3) is 0 Å². The Balaban J connectivity index is 2.06. The fourth-order valence-corrected chi connectivity index (χ4v) is 2.85. The summed E-state index contributed by atoms with van der Waals surface area (Å²) in [7, 11) is 0. The van der Waals surface area contributed by atoms with Gasteiger partial charge in [-0.25, -0.2) is 0 Å². The first-order valence-corrected chi connectivity index (χ1v) is 7.07. The van der Waals surface area contributed by atoms with Gasteiger partial charge in [0.1, 0.15) is 11.5 Å². The zero-order valence-corrected chi connectivity index (χ0v) is 12.0. The van der Waals surface area contributed by atoms with E-state index in [0.717, 1.165) is 18.4 Å². The molecular weight excluding hydrogens is 290 g/mol. The van der Waals surface area contributed by atoms with Gasteiger partial charge in [-0.15, -0.1) is 0 Å². The molecule has 1 heterocycles. The zero-order valence-electron chi connectivity index (χ0n) is 11.2. The van der Waals surface area contributed by atoms with Crippen molar-refractivity contribution < 1.29 is 15.0 Å². The quantitative estimate of drug-likeness (QED) is 0.849. The third-order valence-corrected chi connectivity index (χ3v) is 3.95. The number of benzene rings is 2. The SMILES string of the molecule is O=C(c1cc(O)ccc1Cl)N1CCCc2cccc(O)c21. The summed E-state index contributed by atoms with van der Waals surface area (Å²) in [6, 6.07) is 9.50. The highest BCUT2D eigenvalue weighted by atomic mass is 35.5. The largest absolute Gasteiger partial charge is 0.508 e. The van der Waals surface area contributed by atoms with Crippen molar-refractivity contribution in [1.29, 1.82) is 0 Å². The lowest BCUT2D eigenvalue weighted by molar-refractivity contribution is 0.0984. The Morgan fingerprint density at radius 2 is 2.00 bits per heavy atom. The highest BCUT2D eigenvalue weighted by molar-refractivity contribution is 6.34. The molecule has 2 N–H and O–H groups in total. The molecule has 2 aromatic carbocycles. The fourth-order valence-electron chi connectivity index (χ4n) is 2.66. The van der Waals surface area contributed by atoms with Gasteiger partial charge in [-0.3, -0.25) is 4.79 Å². The van der Waals surface area contributed by atoms with E-state index in [0.29, 0.717) is 12.2 Å². The lowest BCUT2D eigenvalue weighted by atomic mass is 10.00. The van der Waals surface area contributed by atoms with E-state index in [9.17, 15) is 15.0 Å². The fraction of sp³-hybridized carbons (Fsp3) is 0.188. The molecule has 3 rings (SSSR count). The maximum absolute atomic E-state index is 12.7. The van der Waals surface area contributed by atoms with Crippen LogP contribution >= 0.6 is 11.6 Å². The molecule has 0 bridgehead atoms. The van der Waals surface area contributed by atoms with Crippen LogP contribution in [-0.4, -0.2) is 22.7 Å². The topological polar surface area (TPSA) is 60.8 Å². The average Bonchev–Trinajstić information content (AvgIpc) is 2.49. The smallest absolute Gasteiger partial charge is 0.260 e. The number of hydrogen-bond donors (Lipinski definition) is 2. The summed E-state index contributed by atoms with van der Waals surface area (Å²) in [6.45, 7) is 0.509. The van der Waals surface area contributed by atoms with Crippen molar-refractivity contribution in [2.75, 3.05) is 11.4 Å². The van der Waals surface area contributed by atoms with E-state index >= 15 is 0 Å². The Labute approximate surface area is 127 Å². The number of anilines is 1. The number of rotatable bonds is 1. The van der Waals surface area contributed by atoms with Crippen LogP contribution in [0.2, 0.25) is 5.02 Å². The second-order valence-corrected chi connectivity index (χ2v) is 5.42. The minimum atomic E-state index is -0.321. The molecule has 0 unspecified atom stereocenters. The van der Waals surface area contributed by atoms with Gasteiger partial charge >= 0.3 is 0 Å². The van der Waals surface area contributed by atoms with Gasteiger partial charge in [0.15, 0.2) is 0 Å². The van der Waals surface area contributed by atoms with Crippen molar-refractivity contribution in [1.82, 2.24) is 0 Å². The van der Waals surface area contributed by atoms with E-state index in [1.54, 1.807) is 12.1 Å². The number of phenols is 2. The highest BCUT2D eigenvalue weighted by Crippen LogP contribution is 2.37. The maximum atomic E-state index is 12.7. The maximum Gasteiger partial charge on any atom is 0.260 e. The average molecular weight is 304 g/mol. The summed E-state index contributed by atoms with van der Waals surface area (Å²) >= 11 is 6.06. The first-order chi connectivity index (χ1) is 10.1. The summed E-state index contributed by atoms with van der Waals surface area (Å²) in [4.78, 5) is 14.2. The normalized spacial score (nSPS) is 13.9. The number of halogens is 1. The number of aryl methyl sites for hydroxylation is 1. The van der Waals surface area contributed by atoms with Crippen molar-refractivity contribution in [3.8, 4) is 11.5 Å². The van der Waals surface area contributed by atoms with Crippen LogP contribution < -0.4 is 4.90 Å². The minimum absolute atomic E-state index is 0.0164. The first-order valence-electron chi connectivity index (χ1n) is 6.69. The summed E-state index contributed by atoms with van der Waals surface area (Å²) in [5.41, 5.74) is 1.70. The summed E-state index contributed by atoms with van der Waals surface area (Å²) in [5.74, 6) is -0.257. The van der Waals surface area contributed by atoms with Crippen molar-refractivity contribution in [3.63, 3.8) is 0 Å². The van der Waals surface area contributed by atoms with Gasteiger partial charge in [-0.1, -0.05) is 23.7 Å². The van der Waals surface area contributed by atoms with Crippen molar-refractivity contribution in [2.24, 2.45) is 0 Å². The lowest BCUT2D eigenvalue weighted by Gasteiger charge is -2.30. The Morgan fingerprint density at radius 1 is 1.19 bits per heavy atom. The second-order valence-electron chi connectivity index (χ2n) is 5.01. The Hall–Kier alpha value is -2.20. The van der Waals surface area contributed by atoms with E-state index in [1.807, 2.05) is 6.07 Å². The Bertz CT molecular complexity index is 715. The molecule has 1 amide bonds. The number of carbonyl (C=O) groups is 1. The Kier molecular flexibility index (Phi) is 3.47. The van der Waals surface area contributed by atoms with Gasteiger partial charge in [0.2, 0.25) is 0 Å². The molecule has 1 aliphatic rings. The van der Waals surface area contributed by atoms with Crippen LogP contribution in [0.15, 0.2) is 36.4 Å². The highest BCUT2D eigenvalue weighted by Gasteiger charge is 2.27. The number of para-hydroxylation sites is 1. The molecule has 0 aliphatic carbocycles. The van der Waals surface area contributed by atoms with E-state index in [-0.39, 0.29) is 28.0 Å². The van der Waals surface area contributed by atoms with E-state index < -0.39 is 0 Å². The third-order valence-electron chi connectivity index (χ3n) is 3.62. The van der Waals surface area contributed by atoms with Crippen LogP contribution in [0.4, 0.5) is 5.69 Å². The van der Waals surface area contributed by atoms with Crippen molar-refractivity contribution >= 4 is 23.2 Å². The monoisotopic (exact) mass is 303 g/mol. The lowest BCUT2D eigenvalue weighted by Crippen LogP contribution is -2.35. The number of nitrogens with zero attached hydrogens (tertiary/aromatic N) is 1. The molecule has 0 spiro atoms. The predicted octanol–water partition coefficient (Wildman–Crippen LogP) is 3.34. The predicted molar refractivity (Wildman–Crippen MR) is 81.2 cm³/mol. The number of hydrogen-bond acceptors (Lipinski definition) is 3. The molecule has 1 aliphatic heterocycles. The van der Waals surface area contributed by atoms with Crippen LogP contribution in [0.3, 0.4) is 0 Å². The van der Waals surface area contributed by atoms with Crippen LogP contribution in [0, 0.1) is 0 Å². The molecule has 2 aromatic rings. The van der Waals surface area contributed by atoms with E-state index in [2.05, 4.69) is 0 Å². The van der Waals surface area contributed by atoms with Crippen LogP contribution in [0.5, 0.6) is 11.5 Å². The zero-order chi connectivity index (χ0) is 15.0. The molecule has 0 atom stereocenters. The van der Waals surface area contributed by atoms with Gasteiger partial charge in [0.05, 0.1) is 16.3 Å². The van der Waals surface area contributed by atoms with Gasteiger partial charge in [-0.05, 0) is 42.7 Å². The number of carbonyl (C=O) groups excluding carboxylic acids is 1. The number of amides is 1. The van der Waals surface area contributed by atoms with Gasteiger partial charge < -0.3 is 15.1 Å². The van der Waals surface area contributed by atoms with Gasteiger partial charge in [-0.2, -0.15) is 0 Å². The molecule has 0 saturated heterocycles. The molecule has 21 heavy (non-hydrogen) atoms. The van der Waals surface area contributed by atoms with Crippen LogP contribution in [-0.2, 0) is 6.42 Å². The molecule has 0 aromatic heterocycles. The third kappa shape index (κ3) is 2.43. The first kappa shape index (κ1) is 13.8. The molecule has 4 nitrogen and oxygen atoms in total. The molecule has 0 radical (unpaired) electrons. The van der Waals surface area contributed by atoms with Crippen LogP contribution in [0.1, 0.15) is 22.3 Å². The summed E-state index contributed by atoms with van der Waals surface area (Å²) < 4.78 is 0. The number of aromatic hydroxyl groups is 2. The molecule has 108 valence electrons.